The molecule has 0 aromatic heterocycles. The average molecular weight is 316 g/mol. The Morgan fingerprint density at radius 1 is 0.913 bits per heavy atom. The molecule has 4 bridgehead atoms. The fourth-order valence-corrected chi connectivity index (χ4v) is 6.80. The van der Waals surface area contributed by atoms with Gasteiger partial charge in [-0.05, 0) is 87.4 Å². The molecule has 0 unspecified atom stereocenters. The molecule has 0 aromatic carbocycles. The van der Waals surface area contributed by atoms with E-state index in [2.05, 4.69) is 13.5 Å². The van der Waals surface area contributed by atoms with Crippen LogP contribution in [0.3, 0.4) is 0 Å². The summed E-state index contributed by atoms with van der Waals surface area (Å²) in [5, 5.41) is 0. The molecule has 128 valence electrons. The van der Waals surface area contributed by atoms with Gasteiger partial charge in [0.2, 0.25) is 0 Å². The Labute approximate surface area is 141 Å². The Morgan fingerprint density at radius 2 is 1.43 bits per heavy atom. The molecule has 0 amide bonds. The number of ether oxygens (including phenoxy) is 1. The van der Waals surface area contributed by atoms with Crippen molar-refractivity contribution in [3.05, 3.63) is 12.2 Å². The third-order valence-corrected chi connectivity index (χ3v) is 7.69. The zero-order valence-corrected chi connectivity index (χ0v) is 14.9. The third-order valence-electron chi connectivity index (χ3n) is 7.69. The van der Waals surface area contributed by atoms with Crippen LogP contribution in [0.2, 0.25) is 0 Å². The lowest BCUT2D eigenvalue weighted by Gasteiger charge is -2.63. The number of carbonyl (C=O) groups is 1. The highest BCUT2D eigenvalue weighted by Gasteiger charge is 2.62. The van der Waals surface area contributed by atoms with Gasteiger partial charge in [0.25, 0.3) is 0 Å². The molecule has 0 spiro atoms. The Kier molecular flexibility index (Phi) is 3.85. The zero-order chi connectivity index (χ0) is 16.2. The highest BCUT2D eigenvalue weighted by Crippen LogP contribution is 2.63. The summed E-state index contributed by atoms with van der Waals surface area (Å²) in [6.45, 7) is 8.03. The smallest absolute Gasteiger partial charge is 0.333 e. The van der Waals surface area contributed by atoms with Crippen molar-refractivity contribution in [3.63, 3.8) is 0 Å². The van der Waals surface area contributed by atoms with Crippen molar-refractivity contribution in [1.29, 1.82) is 0 Å². The first kappa shape index (κ1) is 15.7. The highest BCUT2D eigenvalue weighted by molar-refractivity contribution is 5.87. The van der Waals surface area contributed by atoms with Crippen LogP contribution in [0.15, 0.2) is 12.2 Å². The van der Waals surface area contributed by atoms with Gasteiger partial charge in [-0.3, -0.25) is 0 Å². The summed E-state index contributed by atoms with van der Waals surface area (Å²) in [6, 6.07) is 0. The van der Waals surface area contributed by atoms with E-state index in [0.29, 0.717) is 23.3 Å². The second kappa shape index (κ2) is 5.63. The maximum Gasteiger partial charge on any atom is 0.333 e. The molecule has 5 rings (SSSR count). The molecule has 0 radical (unpaired) electrons. The summed E-state index contributed by atoms with van der Waals surface area (Å²) < 4.78 is 6.41. The Morgan fingerprint density at radius 3 is 1.91 bits per heavy atom. The molecular weight excluding hydrogens is 284 g/mol. The molecule has 2 heteroatoms. The molecule has 23 heavy (non-hydrogen) atoms. The highest BCUT2D eigenvalue weighted by atomic mass is 16.6. The Bertz CT molecular complexity index is 470. The SMILES string of the molecule is C=C(C)C(=O)OC1(C2CCC(C)CC2)C2CC3CC(C2)CC1C3. The molecule has 5 saturated carbocycles. The van der Waals surface area contributed by atoms with Gasteiger partial charge >= 0.3 is 5.97 Å². The van der Waals surface area contributed by atoms with Gasteiger partial charge in [-0.2, -0.15) is 0 Å². The quantitative estimate of drug-likeness (QED) is 0.533. The number of rotatable bonds is 3. The first-order valence-corrected chi connectivity index (χ1v) is 9.87. The molecule has 5 aliphatic carbocycles. The van der Waals surface area contributed by atoms with Crippen molar-refractivity contribution in [2.75, 3.05) is 0 Å². The lowest BCUT2D eigenvalue weighted by atomic mass is 9.46. The van der Waals surface area contributed by atoms with E-state index in [9.17, 15) is 4.79 Å². The van der Waals surface area contributed by atoms with E-state index < -0.39 is 0 Å². The predicted octanol–water partition coefficient (Wildman–Crippen LogP) is 5.13. The minimum Gasteiger partial charge on any atom is -0.455 e. The van der Waals surface area contributed by atoms with Crippen LogP contribution in [-0.4, -0.2) is 11.6 Å². The van der Waals surface area contributed by atoms with Crippen LogP contribution >= 0.6 is 0 Å². The molecular formula is C21H32O2. The molecule has 0 heterocycles. The second-order valence-corrected chi connectivity index (χ2v) is 9.28. The van der Waals surface area contributed by atoms with Gasteiger partial charge in [0, 0.05) is 5.57 Å². The van der Waals surface area contributed by atoms with Gasteiger partial charge in [-0.1, -0.05) is 26.3 Å². The Balaban J connectivity index is 1.66. The van der Waals surface area contributed by atoms with Gasteiger partial charge in [-0.25, -0.2) is 4.79 Å². The number of esters is 1. The van der Waals surface area contributed by atoms with Gasteiger partial charge in [0.05, 0.1) is 0 Å². The van der Waals surface area contributed by atoms with Gasteiger partial charge in [0.1, 0.15) is 5.60 Å². The van der Waals surface area contributed by atoms with Gasteiger partial charge < -0.3 is 4.74 Å². The largest absolute Gasteiger partial charge is 0.455 e. The standard InChI is InChI=1S/C21H32O2/c1-13(2)20(22)23-21(17-6-4-14(3)5-7-17)18-9-15-8-16(11-18)12-19(21)10-15/h14-19H,1,4-12H2,2-3H3. The van der Waals surface area contributed by atoms with Crippen LogP contribution in [0.1, 0.15) is 71.6 Å². The molecule has 0 N–H and O–H groups in total. The van der Waals surface area contributed by atoms with E-state index >= 15 is 0 Å². The lowest BCUT2D eigenvalue weighted by Crippen LogP contribution is -2.63. The summed E-state index contributed by atoms with van der Waals surface area (Å²) in [4.78, 5) is 12.5. The van der Waals surface area contributed by atoms with Gasteiger partial charge in [-0.15, -0.1) is 0 Å². The topological polar surface area (TPSA) is 26.3 Å². The van der Waals surface area contributed by atoms with Crippen molar-refractivity contribution in [3.8, 4) is 0 Å². The lowest BCUT2D eigenvalue weighted by molar-refractivity contribution is -0.230. The van der Waals surface area contributed by atoms with E-state index in [-0.39, 0.29) is 11.6 Å². The molecule has 0 aromatic rings. The Hall–Kier alpha value is -0.790. The number of carbonyl (C=O) groups excluding carboxylic acids is 1. The van der Waals surface area contributed by atoms with Crippen LogP contribution < -0.4 is 0 Å². The number of hydrogen-bond acceptors (Lipinski definition) is 2. The normalized spacial score (nSPS) is 48.3. The van der Waals surface area contributed by atoms with Crippen LogP contribution in [0.4, 0.5) is 0 Å². The zero-order valence-electron chi connectivity index (χ0n) is 14.9. The maximum absolute atomic E-state index is 12.5. The van der Waals surface area contributed by atoms with Crippen molar-refractivity contribution >= 4 is 5.97 Å². The molecule has 0 aliphatic heterocycles. The fourth-order valence-electron chi connectivity index (χ4n) is 6.80. The van der Waals surface area contributed by atoms with Crippen molar-refractivity contribution in [2.45, 2.75) is 77.2 Å². The number of hydrogen-bond donors (Lipinski definition) is 0. The van der Waals surface area contributed by atoms with Crippen LogP contribution in [0.25, 0.3) is 0 Å². The molecule has 5 aliphatic rings. The minimum atomic E-state index is -0.149. The van der Waals surface area contributed by atoms with E-state index in [1.54, 1.807) is 6.92 Å². The fraction of sp³-hybridized carbons (Fsp3) is 0.857. The van der Waals surface area contributed by atoms with E-state index in [1.165, 1.54) is 57.8 Å². The van der Waals surface area contributed by atoms with E-state index in [4.69, 9.17) is 4.74 Å². The second-order valence-electron chi connectivity index (χ2n) is 9.28. The van der Waals surface area contributed by atoms with Gasteiger partial charge in [0.15, 0.2) is 0 Å². The first-order chi connectivity index (χ1) is 11.0. The monoisotopic (exact) mass is 316 g/mol. The molecule has 0 atom stereocenters. The predicted molar refractivity (Wildman–Crippen MR) is 91.8 cm³/mol. The molecule has 2 nitrogen and oxygen atoms in total. The molecule has 0 saturated heterocycles. The van der Waals surface area contributed by atoms with Crippen LogP contribution in [0.5, 0.6) is 0 Å². The van der Waals surface area contributed by atoms with Crippen molar-refractivity contribution in [1.82, 2.24) is 0 Å². The van der Waals surface area contributed by atoms with Crippen molar-refractivity contribution in [2.24, 2.45) is 35.5 Å². The summed E-state index contributed by atoms with van der Waals surface area (Å²) in [6.07, 6.45) is 11.8. The van der Waals surface area contributed by atoms with Crippen molar-refractivity contribution < 1.29 is 9.53 Å². The average Bonchev–Trinajstić information content (AvgIpc) is 2.51. The summed E-state index contributed by atoms with van der Waals surface area (Å²) >= 11 is 0. The third kappa shape index (κ3) is 2.48. The first-order valence-electron chi connectivity index (χ1n) is 9.87. The van der Waals surface area contributed by atoms with E-state index in [0.717, 1.165) is 17.8 Å². The summed E-state index contributed by atoms with van der Waals surface area (Å²) in [5.41, 5.74) is 0.422. The maximum atomic E-state index is 12.5. The summed E-state index contributed by atoms with van der Waals surface area (Å²) in [7, 11) is 0. The summed E-state index contributed by atoms with van der Waals surface area (Å²) in [5.74, 6) is 4.39. The van der Waals surface area contributed by atoms with E-state index in [1.807, 2.05) is 0 Å². The van der Waals surface area contributed by atoms with Crippen LogP contribution in [-0.2, 0) is 9.53 Å². The van der Waals surface area contributed by atoms with Crippen LogP contribution in [0, 0.1) is 35.5 Å². The molecule has 5 fully saturated rings. The minimum absolute atomic E-state index is 0.129.